The number of nitrogen functional groups attached to an aromatic ring is 1. The molecule has 2 N–H and O–H groups in total. The first-order chi connectivity index (χ1) is 9.24. The molecule has 1 aromatic heterocycles. The maximum atomic E-state index is 5.95. The molecule has 1 saturated carbocycles. The summed E-state index contributed by atoms with van der Waals surface area (Å²) in [5.41, 5.74) is 6.60. The van der Waals surface area contributed by atoms with Gasteiger partial charge in [-0.05, 0) is 57.1 Å². The predicted octanol–water partition coefficient (Wildman–Crippen LogP) is 2.83. The molecule has 1 saturated heterocycles. The summed E-state index contributed by atoms with van der Waals surface area (Å²) in [5.74, 6) is 2.34. The number of aromatic nitrogens is 1. The van der Waals surface area contributed by atoms with Gasteiger partial charge in [-0.15, -0.1) is 0 Å². The average molecular weight is 261 g/mol. The van der Waals surface area contributed by atoms with Crippen LogP contribution in [0.1, 0.15) is 39.0 Å². The second-order valence-corrected chi connectivity index (χ2v) is 5.86. The van der Waals surface area contributed by atoms with Gasteiger partial charge in [0.1, 0.15) is 5.82 Å². The van der Waals surface area contributed by atoms with Crippen LogP contribution >= 0.6 is 0 Å². The van der Waals surface area contributed by atoms with E-state index < -0.39 is 0 Å². The van der Waals surface area contributed by atoms with Crippen LogP contribution in [0.5, 0.6) is 5.88 Å². The molecule has 1 aromatic rings. The van der Waals surface area contributed by atoms with E-state index in [2.05, 4.69) is 16.8 Å². The van der Waals surface area contributed by atoms with Crippen molar-refractivity contribution in [3.8, 4) is 5.88 Å². The lowest BCUT2D eigenvalue weighted by Crippen LogP contribution is -2.38. The quantitative estimate of drug-likeness (QED) is 0.905. The summed E-state index contributed by atoms with van der Waals surface area (Å²) in [6.07, 6.45) is 6.36. The summed E-state index contributed by atoms with van der Waals surface area (Å²) >= 11 is 0. The third-order valence-corrected chi connectivity index (χ3v) is 4.12. The molecule has 2 heterocycles. The van der Waals surface area contributed by atoms with E-state index in [9.17, 15) is 0 Å². The van der Waals surface area contributed by atoms with Gasteiger partial charge in [-0.3, -0.25) is 0 Å². The number of ether oxygens (including phenoxy) is 1. The molecule has 3 rings (SSSR count). The zero-order valence-electron chi connectivity index (χ0n) is 11.6. The second kappa shape index (κ2) is 5.27. The Hall–Kier alpha value is -1.45. The zero-order valence-corrected chi connectivity index (χ0v) is 11.6. The zero-order chi connectivity index (χ0) is 13.2. The van der Waals surface area contributed by atoms with Gasteiger partial charge in [-0.1, -0.05) is 0 Å². The largest absolute Gasteiger partial charge is 0.476 e. The van der Waals surface area contributed by atoms with E-state index in [0.717, 1.165) is 24.9 Å². The van der Waals surface area contributed by atoms with Crippen LogP contribution in [0.2, 0.25) is 0 Å². The van der Waals surface area contributed by atoms with E-state index in [0.29, 0.717) is 17.6 Å². The lowest BCUT2D eigenvalue weighted by atomic mass is 10.0. The SMILES string of the molecule is CC1CCCCN1c1ccc(N)c(OCC2CC2)n1. The molecule has 1 aliphatic heterocycles. The molecule has 0 radical (unpaired) electrons. The number of rotatable bonds is 4. The van der Waals surface area contributed by atoms with Crippen LogP contribution in [0.15, 0.2) is 12.1 Å². The van der Waals surface area contributed by atoms with E-state index in [4.69, 9.17) is 10.5 Å². The number of piperidine rings is 1. The molecule has 1 atom stereocenters. The van der Waals surface area contributed by atoms with Gasteiger partial charge < -0.3 is 15.4 Å². The van der Waals surface area contributed by atoms with E-state index >= 15 is 0 Å². The van der Waals surface area contributed by atoms with Gasteiger partial charge >= 0.3 is 0 Å². The molecule has 1 unspecified atom stereocenters. The van der Waals surface area contributed by atoms with Gasteiger partial charge in [0.2, 0.25) is 5.88 Å². The van der Waals surface area contributed by atoms with Crippen LogP contribution in [-0.4, -0.2) is 24.2 Å². The topological polar surface area (TPSA) is 51.4 Å². The third kappa shape index (κ3) is 2.94. The van der Waals surface area contributed by atoms with Crippen molar-refractivity contribution < 1.29 is 4.74 Å². The van der Waals surface area contributed by atoms with Crippen LogP contribution in [-0.2, 0) is 0 Å². The number of pyridine rings is 1. The molecule has 4 heteroatoms. The molecule has 19 heavy (non-hydrogen) atoms. The molecular formula is C15H23N3O. The van der Waals surface area contributed by atoms with Crippen molar-refractivity contribution >= 4 is 11.5 Å². The second-order valence-electron chi connectivity index (χ2n) is 5.86. The fourth-order valence-corrected chi connectivity index (χ4v) is 2.64. The summed E-state index contributed by atoms with van der Waals surface area (Å²) in [4.78, 5) is 6.99. The number of anilines is 2. The minimum atomic E-state index is 0.557. The number of nitrogens with zero attached hydrogens (tertiary/aromatic N) is 2. The number of hydrogen-bond acceptors (Lipinski definition) is 4. The highest BCUT2D eigenvalue weighted by Gasteiger charge is 2.24. The minimum absolute atomic E-state index is 0.557. The maximum Gasteiger partial charge on any atom is 0.239 e. The molecule has 0 aromatic carbocycles. The number of hydrogen-bond donors (Lipinski definition) is 1. The van der Waals surface area contributed by atoms with Crippen molar-refractivity contribution in [3.05, 3.63) is 12.1 Å². The lowest BCUT2D eigenvalue weighted by Gasteiger charge is -2.34. The van der Waals surface area contributed by atoms with Crippen molar-refractivity contribution in [1.29, 1.82) is 0 Å². The monoisotopic (exact) mass is 261 g/mol. The highest BCUT2D eigenvalue weighted by Crippen LogP contribution is 2.32. The van der Waals surface area contributed by atoms with Crippen molar-refractivity contribution in [2.45, 2.75) is 45.1 Å². The molecule has 0 spiro atoms. The Labute approximate surface area is 115 Å². The van der Waals surface area contributed by atoms with Crippen LogP contribution in [0.3, 0.4) is 0 Å². The first-order valence-electron chi connectivity index (χ1n) is 7.40. The molecular weight excluding hydrogens is 238 g/mol. The van der Waals surface area contributed by atoms with E-state index in [-0.39, 0.29) is 0 Å². The normalized spacial score (nSPS) is 23.4. The van der Waals surface area contributed by atoms with Crippen LogP contribution in [0.25, 0.3) is 0 Å². The summed E-state index contributed by atoms with van der Waals surface area (Å²) in [6.45, 7) is 4.11. The van der Waals surface area contributed by atoms with Crippen LogP contribution < -0.4 is 15.4 Å². The van der Waals surface area contributed by atoms with Gasteiger partial charge in [0.25, 0.3) is 0 Å². The molecule has 2 aliphatic rings. The maximum absolute atomic E-state index is 5.95. The Balaban J connectivity index is 1.74. The van der Waals surface area contributed by atoms with E-state index in [1.807, 2.05) is 12.1 Å². The van der Waals surface area contributed by atoms with Crippen LogP contribution in [0.4, 0.5) is 11.5 Å². The first-order valence-corrected chi connectivity index (χ1v) is 7.40. The Kier molecular flexibility index (Phi) is 3.49. The molecule has 104 valence electrons. The number of nitrogens with two attached hydrogens (primary N) is 1. The molecule has 2 fully saturated rings. The van der Waals surface area contributed by atoms with Crippen molar-refractivity contribution in [2.24, 2.45) is 5.92 Å². The fourth-order valence-electron chi connectivity index (χ4n) is 2.64. The Morgan fingerprint density at radius 2 is 2.16 bits per heavy atom. The summed E-state index contributed by atoms with van der Waals surface area (Å²) < 4.78 is 5.76. The standard InChI is InChI=1S/C15H23N3O/c1-11-4-2-3-9-18(11)14-8-7-13(16)15(17-14)19-10-12-5-6-12/h7-8,11-12H,2-6,9-10,16H2,1H3. The average Bonchev–Trinajstić information content (AvgIpc) is 3.23. The lowest BCUT2D eigenvalue weighted by molar-refractivity contribution is 0.290. The van der Waals surface area contributed by atoms with E-state index in [1.165, 1.54) is 32.1 Å². The summed E-state index contributed by atoms with van der Waals surface area (Å²) in [6, 6.07) is 4.49. The van der Waals surface area contributed by atoms with Crippen molar-refractivity contribution in [3.63, 3.8) is 0 Å². The highest BCUT2D eigenvalue weighted by molar-refractivity contribution is 5.55. The summed E-state index contributed by atoms with van der Waals surface area (Å²) in [5, 5.41) is 0. The van der Waals surface area contributed by atoms with Gasteiger partial charge in [0.05, 0.1) is 12.3 Å². The molecule has 4 nitrogen and oxygen atoms in total. The Bertz CT molecular complexity index is 445. The van der Waals surface area contributed by atoms with Gasteiger partial charge in [0, 0.05) is 12.6 Å². The van der Waals surface area contributed by atoms with Crippen molar-refractivity contribution in [2.75, 3.05) is 23.8 Å². The van der Waals surface area contributed by atoms with Gasteiger partial charge in [0.15, 0.2) is 0 Å². The van der Waals surface area contributed by atoms with Crippen molar-refractivity contribution in [1.82, 2.24) is 4.98 Å². The highest BCUT2D eigenvalue weighted by atomic mass is 16.5. The fraction of sp³-hybridized carbons (Fsp3) is 0.667. The first kappa shape index (κ1) is 12.6. The third-order valence-electron chi connectivity index (χ3n) is 4.12. The molecule has 0 bridgehead atoms. The summed E-state index contributed by atoms with van der Waals surface area (Å²) in [7, 11) is 0. The Morgan fingerprint density at radius 1 is 1.32 bits per heavy atom. The predicted molar refractivity (Wildman–Crippen MR) is 77.5 cm³/mol. The molecule has 0 amide bonds. The van der Waals surface area contributed by atoms with E-state index in [1.54, 1.807) is 0 Å². The Morgan fingerprint density at radius 3 is 2.89 bits per heavy atom. The smallest absolute Gasteiger partial charge is 0.239 e. The minimum Gasteiger partial charge on any atom is -0.476 e. The van der Waals surface area contributed by atoms with Gasteiger partial charge in [-0.25, -0.2) is 0 Å². The van der Waals surface area contributed by atoms with Gasteiger partial charge in [-0.2, -0.15) is 4.98 Å². The molecule has 1 aliphatic carbocycles. The van der Waals surface area contributed by atoms with Crippen LogP contribution in [0, 0.1) is 5.92 Å².